The Hall–Kier alpha value is -1.03. The lowest BCUT2D eigenvalue weighted by Gasteiger charge is -2.33. The van der Waals surface area contributed by atoms with Crippen LogP contribution < -0.4 is 11.1 Å². The van der Waals surface area contributed by atoms with E-state index in [1.807, 2.05) is 17.8 Å². The van der Waals surface area contributed by atoms with Crippen LogP contribution in [0.3, 0.4) is 0 Å². The van der Waals surface area contributed by atoms with Crippen LogP contribution in [0, 0.1) is 0 Å². The van der Waals surface area contributed by atoms with Gasteiger partial charge in [0, 0.05) is 31.5 Å². The first-order valence-electron chi connectivity index (χ1n) is 4.25. The smallest absolute Gasteiger partial charge is 0.202 e. The first kappa shape index (κ1) is 7.61. The van der Waals surface area contributed by atoms with Gasteiger partial charge in [-0.15, -0.1) is 0 Å². The predicted molar refractivity (Wildman–Crippen MR) is 47.8 cm³/mol. The Morgan fingerprint density at radius 3 is 2.92 bits per heavy atom. The number of rotatable bonds is 2. The van der Waals surface area contributed by atoms with Gasteiger partial charge < -0.3 is 15.6 Å². The van der Waals surface area contributed by atoms with Crippen LogP contribution in [0.1, 0.15) is 12.8 Å². The second-order valence-electron chi connectivity index (χ2n) is 3.43. The summed E-state index contributed by atoms with van der Waals surface area (Å²) in [5.41, 5.74) is 5.67. The summed E-state index contributed by atoms with van der Waals surface area (Å²) >= 11 is 0. The molecule has 66 valence electrons. The maximum atomic E-state index is 5.67. The number of imidazole rings is 1. The fourth-order valence-corrected chi connectivity index (χ4v) is 1.47. The quantitative estimate of drug-likeness (QED) is 0.665. The first-order valence-corrected chi connectivity index (χ1v) is 4.25. The molecule has 0 bridgehead atoms. The summed E-state index contributed by atoms with van der Waals surface area (Å²) in [5.74, 6) is 0.937. The molecule has 12 heavy (non-hydrogen) atoms. The van der Waals surface area contributed by atoms with Crippen LogP contribution in [0.4, 0.5) is 5.95 Å². The highest BCUT2D eigenvalue weighted by Gasteiger charge is 2.26. The van der Waals surface area contributed by atoms with Gasteiger partial charge in [0.25, 0.3) is 0 Å². The van der Waals surface area contributed by atoms with E-state index in [0.29, 0.717) is 12.1 Å². The van der Waals surface area contributed by atoms with Crippen molar-refractivity contribution in [2.24, 2.45) is 12.8 Å². The van der Waals surface area contributed by atoms with Crippen molar-refractivity contribution < 1.29 is 0 Å². The zero-order valence-corrected chi connectivity index (χ0v) is 7.20. The second-order valence-corrected chi connectivity index (χ2v) is 3.43. The molecule has 2 rings (SSSR count). The highest BCUT2D eigenvalue weighted by Crippen LogP contribution is 2.21. The molecule has 0 saturated heterocycles. The highest BCUT2D eigenvalue weighted by atomic mass is 15.2. The monoisotopic (exact) mass is 166 g/mol. The van der Waals surface area contributed by atoms with Gasteiger partial charge in [-0.05, 0) is 12.8 Å². The van der Waals surface area contributed by atoms with Gasteiger partial charge in [-0.25, -0.2) is 4.98 Å². The molecule has 0 spiro atoms. The zero-order chi connectivity index (χ0) is 8.55. The number of aryl methyl sites for hydroxylation is 1. The number of hydrogen-bond acceptors (Lipinski definition) is 3. The molecule has 4 nitrogen and oxygen atoms in total. The largest absolute Gasteiger partial charge is 0.353 e. The Labute approximate surface area is 71.8 Å². The summed E-state index contributed by atoms with van der Waals surface area (Å²) in [6.45, 7) is 0. The van der Waals surface area contributed by atoms with E-state index in [1.165, 1.54) is 0 Å². The van der Waals surface area contributed by atoms with Crippen LogP contribution in [0.5, 0.6) is 0 Å². The molecule has 1 aliphatic rings. The molecular weight excluding hydrogens is 152 g/mol. The fourth-order valence-electron chi connectivity index (χ4n) is 1.47. The van der Waals surface area contributed by atoms with Gasteiger partial charge in [0.1, 0.15) is 0 Å². The van der Waals surface area contributed by atoms with Gasteiger partial charge in [-0.2, -0.15) is 0 Å². The molecule has 1 aromatic heterocycles. The molecule has 3 N–H and O–H groups in total. The average molecular weight is 166 g/mol. The SMILES string of the molecule is Cn1ccnc1NC1CC(N)C1. The van der Waals surface area contributed by atoms with Crippen molar-refractivity contribution in [3.8, 4) is 0 Å². The molecule has 0 amide bonds. The van der Waals surface area contributed by atoms with Crippen molar-refractivity contribution in [2.45, 2.75) is 24.9 Å². The predicted octanol–water partition coefficient (Wildman–Crippen LogP) is 0.322. The maximum absolute atomic E-state index is 5.67. The van der Waals surface area contributed by atoms with Crippen LogP contribution in [0.25, 0.3) is 0 Å². The molecule has 0 aliphatic heterocycles. The minimum atomic E-state index is 0.391. The van der Waals surface area contributed by atoms with Crippen molar-refractivity contribution >= 4 is 5.95 Å². The molecule has 0 unspecified atom stereocenters. The molecule has 0 radical (unpaired) electrons. The minimum Gasteiger partial charge on any atom is -0.353 e. The first-order chi connectivity index (χ1) is 5.75. The summed E-state index contributed by atoms with van der Waals surface area (Å²) in [6.07, 6.45) is 5.85. The lowest BCUT2D eigenvalue weighted by Crippen LogP contribution is -2.44. The molecule has 0 aromatic carbocycles. The van der Waals surface area contributed by atoms with Gasteiger partial charge in [0.2, 0.25) is 5.95 Å². The van der Waals surface area contributed by atoms with Gasteiger partial charge in [-0.3, -0.25) is 0 Å². The van der Waals surface area contributed by atoms with E-state index in [0.717, 1.165) is 18.8 Å². The summed E-state index contributed by atoms with van der Waals surface area (Å²) in [5, 5.41) is 3.33. The van der Waals surface area contributed by atoms with Gasteiger partial charge in [0.15, 0.2) is 0 Å². The maximum Gasteiger partial charge on any atom is 0.202 e. The van der Waals surface area contributed by atoms with E-state index in [2.05, 4.69) is 10.3 Å². The molecule has 1 fully saturated rings. The van der Waals surface area contributed by atoms with Crippen LogP contribution in [0.2, 0.25) is 0 Å². The third-order valence-corrected chi connectivity index (χ3v) is 2.33. The number of nitrogens with zero attached hydrogens (tertiary/aromatic N) is 2. The van der Waals surface area contributed by atoms with E-state index in [1.54, 1.807) is 6.20 Å². The molecule has 1 saturated carbocycles. The van der Waals surface area contributed by atoms with Crippen LogP contribution >= 0.6 is 0 Å². The Bertz CT molecular complexity index is 262. The van der Waals surface area contributed by atoms with Crippen LogP contribution in [0.15, 0.2) is 12.4 Å². The summed E-state index contributed by atoms with van der Waals surface area (Å²) < 4.78 is 1.98. The Balaban J connectivity index is 1.92. The molecule has 4 heteroatoms. The summed E-state index contributed by atoms with van der Waals surface area (Å²) in [4.78, 5) is 4.17. The van der Waals surface area contributed by atoms with E-state index in [4.69, 9.17) is 5.73 Å². The zero-order valence-electron chi connectivity index (χ0n) is 7.20. The molecule has 1 aromatic rings. The second kappa shape index (κ2) is 2.79. The molecule has 1 heterocycles. The summed E-state index contributed by atoms with van der Waals surface area (Å²) in [7, 11) is 1.98. The molecular formula is C8H14N4. The van der Waals surface area contributed by atoms with E-state index >= 15 is 0 Å². The third-order valence-electron chi connectivity index (χ3n) is 2.33. The summed E-state index contributed by atoms with van der Waals surface area (Å²) in [6, 6.07) is 0.920. The van der Waals surface area contributed by atoms with Crippen molar-refractivity contribution in [3.05, 3.63) is 12.4 Å². The van der Waals surface area contributed by atoms with Crippen molar-refractivity contribution in [2.75, 3.05) is 5.32 Å². The van der Waals surface area contributed by atoms with Crippen LogP contribution in [-0.2, 0) is 7.05 Å². The van der Waals surface area contributed by atoms with E-state index < -0.39 is 0 Å². The average Bonchev–Trinajstić information content (AvgIpc) is 2.33. The molecule has 1 aliphatic carbocycles. The van der Waals surface area contributed by atoms with Crippen LogP contribution in [-0.4, -0.2) is 21.6 Å². The normalized spacial score (nSPS) is 28.2. The number of aromatic nitrogens is 2. The lowest BCUT2D eigenvalue weighted by molar-refractivity contribution is 0.371. The molecule has 0 atom stereocenters. The highest BCUT2D eigenvalue weighted by molar-refractivity contribution is 5.28. The Kier molecular flexibility index (Phi) is 1.77. The van der Waals surface area contributed by atoms with Crippen molar-refractivity contribution in [1.82, 2.24) is 9.55 Å². The fraction of sp³-hybridized carbons (Fsp3) is 0.625. The number of nitrogens with one attached hydrogen (secondary N) is 1. The number of nitrogens with two attached hydrogens (primary N) is 1. The topological polar surface area (TPSA) is 55.9 Å². The Morgan fingerprint density at radius 2 is 2.42 bits per heavy atom. The number of hydrogen-bond donors (Lipinski definition) is 2. The van der Waals surface area contributed by atoms with E-state index in [9.17, 15) is 0 Å². The van der Waals surface area contributed by atoms with Gasteiger partial charge >= 0.3 is 0 Å². The minimum absolute atomic E-state index is 0.391. The Morgan fingerprint density at radius 1 is 1.67 bits per heavy atom. The third kappa shape index (κ3) is 1.30. The standard InChI is InChI=1S/C8H14N4/c1-12-3-2-10-8(12)11-7-4-6(9)5-7/h2-3,6-7H,4-5,9H2,1H3,(H,10,11). The van der Waals surface area contributed by atoms with Crippen molar-refractivity contribution in [3.63, 3.8) is 0 Å². The number of anilines is 1. The lowest BCUT2D eigenvalue weighted by atomic mass is 9.88. The van der Waals surface area contributed by atoms with Gasteiger partial charge in [-0.1, -0.05) is 0 Å². The van der Waals surface area contributed by atoms with E-state index in [-0.39, 0.29) is 0 Å². The van der Waals surface area contributed by atoms with Crippen molar-refractivity contribution in [1.29, 1.82) is 0 Å². The van der Waals surface area contributed by atoms with Gasteiger partial charge in [0.05, 0.1) is 0 Å².